The number of nitro groups is 1. The van der Waals surface area contributed by atoms with Crippen molar-refractivity contribution < 1.29 is 13.7 Å². The summed E-state index contributed by atoms with van der Waals surface area (Å²) in [4.78, 5) is 9.55. The Hall–Kier alpha value is -2.50. The van der Waals surface area contributed by atoms with Crippen molar-refractivity contribution in [3.05, 3.63) is 63.2 Å². The van der Waals surface area contributed by atoms with Gasteiger partial charge in [0.1, 0.15) is 0 Å². The fourth-order valence-electron chi connectivity index (χ4n) is 1.88. The molecule has 0 amide bonds. The van der Waals surface area contributed by atoms with Crippen LogP contribution in [0.5, 0.6) is 0 Å². The van der Waals surface area contributed by atoms with Gasteiger partial charge in [0.2, 0.25) is 5.82 Å². The Morgan fingerprint density at radius 3 is 2.14 bits per heavy atom. The van der Waals surface area contributed by atoms with Gasteiger partial charge in [-0.05, 0) is 31.5 Å². The predicted octanol–water partition coefficient (Wildman–Crippen LogP) is 5.26. The standard InChI is InChI=1S/C14H12F2N2O2.C2H6/c1-8-3-4-10(9(2)7-8)17-11-5-6-12(18(19)20)14(16)13(11)15;1-2/h3-7,17H,1-2H3;1-2H3. The summed E-state index contributed by atoms with van der Waals surface area (Å²) >= 11 is 0. The molecule has 0 aliphatic carbocycles. The van der Waals surface area contributed by atoms with E-state index in [2.05, 4.69) is 5.32 Å². The molecule has 4 nitrogen and oxygen atoms in total. The zero-order valence-corrected chi connectivity index (χ0v) is 12.9. The van der Waals surface area contributed by atoms with Gasteiger partial charge in [0.15, 0.2) is 5.82 Å². The van der Waals surface area contributed by atoms with Crippen LogP contribution < -0.4 is 5.32 Å². The first-order valence-corrected chi connectivity index (χ1v) is 6.87. The van der Waals surface area contributed by atoms with Crippen LogP contribution in [0.3, 0.4) is 0 Å². The highest BCUT2D eigenvalue weighted by molar-refractivity contribution is 5.65. The van der Waals surface area contributed by atoms with Crippen molar-refractivity contribution in [2.75, 3.05) is 5.32 Å². The molecular weight excluding hydrogens is 290 g/mol. The largest absolute Gasteiger partial charge is 0.353 e. The predicted molar refractivity (Wildman–Crippen MR) is 83.6 cm³/mol. The van der Waals surface area contributed by atoms with Crippen molar-refractivity contribution in [3.8, 4) is 0 Å². The van der Waals surface area contributed by atoms with E-state index in [0.717, 1.165) is 23.3 Å². The molecular formula is C16H18F2N2O2. The Labute approximate surface area is 127 Å². The van der Waals surface area contributed by atoms with E-state index in [1.54, 1.807) is 6.07 Å². The van der Waals surface area contributed by atoms with Gasteiger partial charge in [0, 0.05) is 11.8 Å². The maximum Gasteiger partial charge on any atom is 0.308 e. The van der Waals surface area contributed by atoms with Gasteiger partial charge in [-0.2, -0.15) is 4.39 Å². The fraction of sp³-hybridized carbons (Fsp3) is 0.250. The number of benzene rings is 2. The smallest absolute Gasteiger partial charge is 0.308 e. The summed E-state index contributed by atoms with van der Waals surface area (Å²) < 4.78 is 27.3. The molecule has 0 unspecified atom stereocenters. The molecule has 0 saturated heterocycles. The van der Waals surface area contributed by atoms with Crippen LogP contribution in [0.1, 0.15) is 25.0 Å². The number of hydrogen-bond donors (Lipinski definition) is 1. The van der Waals surface area contributed by atoms with Crippen molar-refractivity contribution in [2.45, 2.75) is 27.7 Å². The Morgan fingerprint density at radius 2 is 1.59 bits per heavy atom. The zero-order valence-electron chi connectivity index (χ0n) is 12.9. The van der Waals surface area contributed by atoms with E-state index in [0.29, 0.717) is 5.69 Å². The molecule has 0 aliphatic rings. The van der Waals surface area contributed by atoms with E-state index >= 15 is 0 Å². The van der Waals surface area contributed by atoms with Crippen LogP contribution in [-0.2, 0) is 0 Å². The van der Waals surface area contributed by atoms with Gasteiger partial charge in [0.05, 0.1) is 10.6 Å². The van der Waals surface area contributed by atoms with Crippen LogP contribution in [0.2, 0.25) is 0 Å². The van der Waals surface area contributed by atoms with Gasteiger partial charge in [-0.15, -0.1) is 0 Å². The Morgan fingerprint density at radius 1 is 1.00 bits per heavy atom. The van der Waals surface area contributed by atoms with E-state index in [-0.39, 0.29) is 5.69 Å². The summed E-state index contributed by atoms with van der Waals surface area (Å²) in [5.41, 5.74) is 1.50. The van der Waals surface area contributed by atoms with E-state index < -0.39 is 22.2 Å². The lowest BCUT2D eigenvalue weighted by Gasteiger charge is -2.11. The number of rotatable bonds is 3. The van der Waals surface area contributed by atoms with Crippen LogP contribution in [0.25, 0.3) is 0 Å². The molecule has 1 N–H and O–H groups in total. The minimum atomic E-state index is -1.47. The van der Waals surface area contributed by atoms with Gasteiger partial charge in [-0.1, -0.05) is 31.5 Å². The molecule has 0 heterocycles. The molecule has 22 heavy (non-hydrogen) atoms. The summed E-state index contributed by atoms with van der Waals surface area (Å²) in [5.74, 6) is -2.73. The topological polar surface area (TPSA) is 55.2 Å². The molecule has 0 atom stereocenters. The molecule has 6 heteroatoms. The lowest BCUT2D eigenvalue weighted by molar-refractivity contribution is -0.387. The Balaban J connectivity index is 0.00000116. The second-order valence-corrected chi connectivity index (χ2v) is 4.46. The van der Waals surface area contributed by atoms with Gasteiger partial charge < -0.3 is 5.32 Å². The third-order valence-corrected chi connectivity index (χ3v) is 2.91. The maximum atomic E-state index is 13.8. The van der Waals surface area contributed by atoms with Crippen LogP contribution in [0, 0.1) is 35.6 Å². The lowest BCUT2D eigenvalue weighted by atomic mass is 10.1. The number of aryl methyl sites for hydroxylation is 2. The molecule has 0 radical (unpaired) electrons. The third kappa shape index (κ3) is 3.78. The Kier molecular flexibility index (Phi) is 5.98. The van der Waals surface area contributed by atoms with Gasteiger partial charge in [0.25, 0.3) is 0 Å². The SMILES string of the molecule is CC.Cc1ccc(Nc2ccc([N+](=O)[O-])c(F)c2F)c(C)c1. The van der Waals surface area contributed by atoms with Crippen LogP contribution in [0.4, 0.5) is 25.8 Å². The molecule has 0 aromatic heterocycles. The number of nitrogens with one attached hydrogen (secondary N) is 1. The normalized spacial score (nSPS) is 9.73. The summed E-state index contributed by atoms with van der Waals surface area (Å²) in [5, 5.41) is 13.3. The minimum Gasteiger partial charge on any atom is -0.353 e. The quantitative estimate of drug-likeness (QED) is 0.621. The molecule has 0 bridgehead atoms. The first-order valence-electron chi connectivity index (χ1n) is 6.87. The molecule has 0 fully saturated rings. The average molecular weight is 308 g/mol. The fourth-order valence-corrected chi connectivity index (χ4v) is 1.88. The first kappa shape index (κ1) is 17.6. The molecule has 2 aromatic rings. The number of hydrogen-bond acceptors (Lipinski definition) is 3. The molecule has 2 rings (SSSR count). The van der Waals surface area contributed by atoms with E-state index in [9.17, 15) is 18.9 Å². The Bertz CT molecular complexity index is 688. The van der Waals surface area contributed by atoms with Gasteiger partial charge in [-0.3, -0.25) is 10.1 Å². The molecule has 2 aromatic carbocycles. The van der Waals surface area contributed by atoms with Crippen molar-refractivity contribution in [1.82, 2.24) is 0 Å². The summed E-state index contributed by atoms with van der Waals surface area (Å²) in [6.45, 7) is 7.75. The van der Waals surface area contributed by atoms with Crippen molar-refractivity contribution >= 4 is 17.1 Å². The highest BCUT2D eigenvalue weighted by Crippen LogP contribution is 2.29. The van der Waals surface area contributed by atoms with Gasteiger partial charge >= 0.3 is 5.69 Å². The maximum absolute atomic E-state index is 13.8. The number of nitrogens with zero attached hydrogens (tertiary/aromatic N) is 1. The van der Waals surface area contributed by atoms with Crippen LogP contribution >= 0.6 is 0 Å². The second-order valence-electron chi connectivity index (χ2n) is 4.46. The lowest BCUT2D eigenvalue weighted by Crippen LogP contribution is -2.01. The van der Waals surface area contributed by atoms with Crippen molar-refractivity contribution in [3.63, 3.8) is 0 Å². The number of anilines is 2. The van der Waals surface area contributed by atoms with Crippen molar-refractivity contribution in [1.29, 1.82) is 0 Å². The third-order valence-electron chi connectivity index (χ3n) is 2.91. The van der Waals surface area contributed by atoms with Gasteiger partial charge in [-0.25, -0.2) is 4.39 Å². The van der Waals surface area contributed by atoms with E-state index in [1.807, 2.05) is 39.8 Å². The molecule has 0 aliphatic heterocycles. The van der Waals surface area contributed by atoms with E-state index in [1.165, 1.54) is 0 Å². The highest BCUT2D eigenvalue weighted by atomic mass is 19.2. The average Bonchev–Trinajstić information content (AvgIpc) is 2.48. The number of nitro benzene ring substituents is 1. The van der Waals surface area contributed by atoms with Crippen molar-refractivity contribution in [2.24, 2.45) is 0 Å². The van der Waals surface area contributed by atoms with E-state index in [4.69, 9.17) is 0 Å². The summed E-state index contributed by atoms with van der Waals surface area (Å²) in [6.07, 6.45) is 0. The molecule has 0 spiro atoms. The monoisotopic (exact) mass is 308 g/mol. The zero-order chi connectivity index (χ0) is 16.9. The second kappa shape index (κ2) is 7.49. The van der Waals surface area contributed by atoms with Crippen LogP contribution in [-0.4, -0.2) is 4.92 Å². The first-order chi connectivity index (χ1) is 10.4. The molecule has 0 saturated carbocycles. The summed E-state index contributed by atoms with van der Waals surface area (Å²) in [7, 11) is 0. The highest BCUT2D eigenvalue weighted by Gasteiger charge is 2.21. The minimum absolute atomic E-state index is 0.139. The molecule has 118 valence electrons. The number of halogens is 2. The van der Waals surface area contributed by atoms with Crippen LogP contribution in [0.15, 0.2) is 30.3 Å². The summed E-state index contributed by atoms with van der Waals surface area (Å²) in [6, 6.07) is 7.54.